The van der Waals surface area contributed by atoms with E-state index in [1.54, 1.807) is 17.2 Å². The Labute approximate surface area is 121 Å². The molecule has 2 heterocycles. The standard InChI is InChI=1S/C12H19N6O3/c1-3-8-10(20)12(6-19,16-17-14)21-11(8)18-5-4-9(13)15-7(18)2/h4-5,8,10-11,14,19-20H,2-3,6H2,1H3,(H2,13,15)/q+1/t8-,10-,11+,12+/m0/s1. The van der Waals surface area contributed by atoms with Gasteiger partial charge in [-0.2, -0.15) is 0 Å². The molecule has 0 saturated carbocycles. The van der Waals surface area contributed by atoms with Crippen LogP contribution in [0, 0.1) is 11.4 Å². The Morgan fingerprint density at radius 3 is 2.95 bits per heavy atom. The second-order valence-corrected chi connectivity index (χ2v) is 4.90. The fraction of sp³-hybridized carbons (Fsp3) is 0.583. The van der Waals surface area contributed by atoms with Gasteiger partial charge in [-0.3, -0.25) is 0 Å². The summed E-state index contributed by atoms with van der Waals surface area (Å²) in [5.74, 6) is 0.322. The molecule has 1 fully saturated rings. The zero-order valence-corrected chi connectivity index (χ0v) is 11.7. The van der Waals surface area contributed by atoms with E-state index in [0.29, 0.717) is 18.1 Å². The molecule has 9 nitrogen and oxygen atoms in total. The first-order valence-electron chi connectivity index (χ1n) is 6.54. The van der Waals surface area contributed by atoms with Gasteiger partial charge in [0.2, 0.25) is 4.91 Å². The number of hydrogen-bond acceptors (Lipinski definition) is 8. The van der Waals surface area contributed by atoms with Crippen LogP contribution in [0.5, 0.6) is 0 Å². The lowest BCUT2D eigenvalue weighted by molar-refractivity contribution is -0.133. The molecular weight excluding hydrogens is 276 g/mol. The van der Waals surface area contributed by atoms with Crippen molar-refractivity contribution < 1.29 is 14.9 Å². The number of aliphatic imine (C=N–C) groups is 1. The molecule has 2 rings (SSSR count). The molecule has 0 spiro atoms. The van der Waals surface area contributed by atoms with E-state index in [2.05, 4.69) is 21.6 Å². The summed E-state index contributed by atoms with van der Waals surface area (Å²) in [5.41, 5.74) is 10.8. The van der Waals surface area contributed by atoms with Crippen LogP contribution in [-0.4, -0.2) is 45.6 Å². The van der Waals surface area contributed by atoms with Crippen molar-refractivity contribution in [2.75, 3.05) is 6.61 Å². The number of aliphatic hydroxyl groups excluding tert-OH is 2. The van der Waals surface area contributed by atoms with Gasteiger partial charge in [0.25, 0.3) is 5.72 Å². The van der Waals surface area contributed by atoms with Crippen molar-refractivity contribution in [1.82, 2.24) is 9.81 Å². The lowest BCUT2D eigenvalue weighted by atomic mass is 9.93. The molecule has 21 heavy (non-hydrogen) atoms. The van der Waals surface area contributed by atoms with Crippen LogP contribution in [0.4, 0.5) is 0 Å². The molecular formula is C12H19N6O3+. The maximum Gasteiger partial charge on any atom is 0.293 e. The smallest absolute Gasteiger partial charge is 0.293 e. The Morgan fingerprint density at radius 2 is 2.43 bits per heavy atom. The minimum atomic E-state index is -1.64. The summed E-state index contributed by atoms with van der Waals surface area (Å²) < 4.78 is 5.72. The molecule has 4 atom stereocenters. The summed E-state index contributed by atoms with van der Waals surface area (Å²) >= 11 is 0. The van der Waals surface area contributed by atoms with Crippen LogP contribution in [0.2, 0.25) is 0 Å². The first kappa shape index (κ1) is 15.3. The highest BCUT2D eigenvalue weighted by Crippen LogP contribution is 2.41. The zero-order chi connectivity index (χ0) is 15.6. The molecule has 0 radical (unpaired) electrons. The van der Waals surface area contributed by atoms with Crippen LogP contribution < -0.4 is 10.6 Å². The van der Waals surface area contributed by atoms with Crippen molar-refractivity contribution in [3.8, 4) is 0 Å². The minimum absolute atomic E-state index is 0.321. The maximum absolute atomic E-state index is 10.4. The summed E-state index contributed by atoms with van der Waals surface area (Å²) in [5, 5.41) is 23.5. The predicted octanol–water partition coefficient (Wildman–Crippen LogP) is -0.374. The van der Waals surface area contributed by atoms with Gasteiger partial charge in [-0.15, -0.1) is 0 Å². The van der Waals surface area contributed by atoms with E-state index in [-0.39, 0.29) is 5.92 Å². The van der Waals surface area contributed by atoms with Crippen LogP contribution in [0.3, 0.4) is 0 Å². The van der Waals surface area contributed by atoms with Gasteiger partial charge in [0, 0.05) is 12.1 Å². The molecule has 9 heteroatoms. The summed E-state index contributed by atoms with van der Waals surface area (Å²) in [7, 11) is 0. The quantitative estimate of drug-likeness (QED) is 0.413. The van der Waals surface area contributed by atoms with Crippen molar-refractivity contribution in [2.45, 2.75) is 31.4 Å². The SMILES string of the molecule is C=C1N=C(N)C=CN1[C@@H]1O[C@@](CO)(N=[N+]=N)[C@@H](O)[C@@H]1CC. The Morgan fingerprint density at radius 1 is 1.71 bits per heavy atom. The number of ether oxygens (including phenoxy) is 1. The fourth-order valence-corrected chi connectivity index (χ4v) is 2.59. The molecule has 0 aromatic heterocycles. The third kappa shape index (κ3) is 2.47. The lowest BCUT2D eigenvalue weighted by Gasteiger charge is -2.31. The first-order chi connectivity index (χ1) is 9.99. The van der Waals surface area contributed by atoms with Gasteiger partial charge in [0.05, 0.1) is 0 Å². The highest BCUT2D eigenvalue weighted by atomic mass is 16.6. The number of nitrogens with zero attached hydrogens (tertiary/aromatic N) is 4. The van der Waals surface area contributed by atoms with E-state index in [0.717, 1.165) is 0 Å². The van der Waals surface area contributed by atoms with Crippen molar-refractivity contribution >= 4 is 5.84 Å². The fourth-order valence-electron chi connectivity index (χ4n) is 2.59. The summed E-state index contributed by atoms with van der Waals surface area (Å²) in [4.78, 5) is 8.58. The Balaban J connectivity index is 2.34. The van der Waals surface area contributed by atoms with E-state index < -0.39 is 24.7 Å². The lowest BCUT2D eigenvalue weighted by Crippen LogP contribution is -2.43. The molecule has 0 aromatic rings. The summed E-state index contributed by atoms with van der Waals surface area (Å²) in [6, 6.07) is 0. The molecule has 0 aliphatic carbocycles. The normalized spacial score (nSPS) is 35.6. The average Bonchev–Trinajstić information content (AvgIpc) is 2.72. The third-order valence-corrected chi connectivity index (χ3v) is 3.71. The minimum Gasteiger partial charge on any atom is -0.391 e. The van der Waals surface area contributed by atoms with Gasteiger partial charge in [0.1, 0.15) is 36.1 Å². The number of rotatable bonds is 4. The first-order valence-corrected chi connectivity index (χ1v) is 6.54. The van der Waals surface area contributed by atoms with E-state index in [1.807, 2.05) is 6.92 Å². The van der Waals surface area contributed by atoms with Crippen molar-refractivity contribution in [2.24, 2.45) is 21.8 Å². The van der Waals surface area contributed by atoms with Crippen LogP contribution in [0.15, 0.2) is 34.8 Å². The van der Waals surface area contributed by atoms with Crippen molar-refractivity contribution in [1.29, 1.82) is 5.53 Å². The number of amidine groups is 1. The topological polar surface area (TPSA) is 142 Å². The van der Waals surface area contributed by atoms with Crippen LogP contribution in [0.25, 0.3) is 0 Å². The third-order valence-electron chi connectivity index (χ3n) is 3.71. The van der Waals surface area contributed by atoms with Gasteiger partial charge in [-0.05, 0) is 12.5 Å². The second-order valence-electron chi connectivity index (χ2n) is 4.90. The van der Waals surface area contributed by atoms with E-state index in [4.69, 9.17) is 16.0 Å². The summed E-state index contributed by atoms with van der Waals surface area (Å²) in [6.07, 6.45) is 2.06. The van der Waals surface area contributed by atoms with Gasteiger partial charge >= 0.3 is 0 Å². The van der Waals surface area contributed by atoms with Gasteiger partial charge in [-0.25, -0.2) is 4.99 Å². The Hall–Kier alpha value is -2.06. The monoisotopic (exact) mass is 295 g/mol. The van der Waals surface area contributed by atoms with Gasteiger partial charge < -0.3 is 25.6 Å². The molecule has 0 amide bonds. The van der Waals surface area contributed by atoms with E-state index >= 15 is 0 Å². The van der Waals surface area contributed by atoms with Crippen LogP contribution >= 0.6 is 0 Å². The molecule has 2 aliphatic heterocycles. The largest absolute Gasteiger partial charge is 0.391 e. The second kappa shape index (κ2) is 5.74. The molecule has 2 aliphatic rings. The average molecular weight is 295 g/mol. The molecule has 5 N–H and O–H groups in total. The molecule has 0 aromatic carbocycles. The van der Waals surface area contributed by atoms with Crippen LogP contribution in [0.1, 0.15) is 13.3 Å². The van der Waals surface area contributed by atoms with Gasteiger partial charge in [-0.1, -0.05) is 13.5 Å². The highest BCUT2D eigenvalue weighted by molar-refractivity contribution is 5.92. The highest BCUT2D eigenvalue weighted by Gasteiger charge is 2.59. The number of hydrogen-bond donors (Lipinski definition) is 4. The summed E-state index contributed by atoms with van der Waals surface area (Å²) in [6.45, 7) is 5.09. The molecule has 114 valence electrons. The maximum atomic E-state index is 10.4. The van der Waals surface area contributed by atoms with Crippen molar-refractivity contribution in [3.05, 3.63) is 24.7 Å². The predicted molar refractivity (Wildman–Crippen MR) is 73.5 cm³/mol. The van der Waals surface area contributed by atoms with Crippen molar-refractivity contribution in [3.63, 3.8) is 0 Å². The Bertz CT molecular complexity index is 541. The molecule has 0 unspecified atom stereocenters. The number of aliphatic hydroxyl groups is 2. The van der Waals surface area contributed by atoms with Gasteiger partial charge in [0.15, 0.2) is 5.11 Å². The Kier molecular flexibility index (Phi) is 4.19. The molecule has 1 saturated heterocycles. The zero-order valence-electron chi connectivity index (χ0n) is 11.7. The molecule has 0 bridgehead atoms. The van der Waals surface area contributed by atoms with E-state index in [1.165, 1.54) is 0 Å². The van der Waals surface area contributed by atoms with Crippen LogP contribution in [-0.2, 0) is 4.74 Å². The van der Waals surface area contributed by atoms with E-state index in [9.17, 15) is 10.2 Å². The number of nitrogens with one attached hydrogen (secondary N) is 1. The number of nitrogens with two attached hydrogens (primary N) is 1.